The highest BCUT2D eigenvalue weighted by Gasteiger charge is 2.64. The monoisotopic (exact) mass is 1120 g/mol. The van der Waals surface area contributed by atoms with Gasteiger partial charge in [-0.25, -0.2) is 14.3 Å². The molecule has 2 fully saturated rings. The van der Waals surface area contributed by atoms with Gasteiger partial charge in [-0.15, -0.1) is 23.1 Å². The van der Waals surface area contributed by atoms with E-state index in [1.165, 1.54) is 53.1 Å². The molecule has 4 aromatic rings. The summed E-state index contributed by atoms with van der Waals surface area (Å²) < 4.78 is 18.0. The molecule has 3 aromatic heterocycles. The number of nitrogens with two attached hydrogens (primary N) is 2. The standard InChI is InChI=1S/C48H49N11O13S4/c1-7-71-54-32(41-53-46(50)76-55-41)42(66)52-33-43(67)59-35(27(19-73-44(33)59)75-47-51-24(18-74-47)20-10-13-58(6)14-11-20)45(68)70-15-12-28(60)72-26-9-8-25(56(2)3)22-16-21-17-23-34(57(4)5)37(62)31(40(49)65)39(64)48(23,69)38(63)29(21)36(61)30(22)26/h8-11,13-14,18,21,23,33-34,44,69H,7,12,15-17,19H2,1-6H3,(H6-,49,50,52,53,55,61,62,63,64,65,66)/p+1/b54-32+/t21-,23-,33-,34-,44?,48-/m1/s1. The van der Waals surface area contributed by atoms with Crippen molar-refractivity contribution in [3.8, 4) is 17.0 Å². The number of thioether (sulfide) groups is 2. The van der Waals surface area contributed by atoms with E-state index in [1.54, 1.807) is 32.0 Å². The summed E-state index contributed by atoms with van der Waals surface area (Å²) in [6.07, 6.45) is 3.20. The van der Waals surface area contributed by atoms with E-state index in [0.29, 0.717) is 26.2 Å². The topological polar surface area (TPSA) is 337 Å². The van der Waals surface area contributed by atoms with E-state index >= 15 is 0 Å². The van der Waals surface area contributed by atoms with Gasteiger partial charge in [0, 0.05) is 76.5 Å². The molecule has 1 saturated carbocycles. The molecule has 3 amide bonds. The van der Waals surface area contributed by atoms with Gasteiger partial charge in [-0.05, 0) is 57.5 Å². The third-order valence-electron chi connectivity index (χ3n) is 13.3. The SMILES string of the molecule is CCO/N=C(/C(=O)N[C@@H]1C(=O)N2C(C(=O)OCCC(=O)Oc3ccc(N(C)C)c4c3C(O)=C3C(=O)[C@@]5(O)C(O)=C(C(N)=O)C(=O)[C@H](N(C)C)[C@H]5C[C@H]3C4)=C(Sc3nc(-c4cc[n+](C)cc4)cs3)CSC12)c1nsc(N)n1. The first-order valence-corrected chi connectivity index (χ1v) is 26.9. The number of anilines is 2. The van der Waals surface area contributed by atoms with Gasteiger partial charge in [-0.1, -0.05) is 16.9 Å². The zero-order valence-electron chi connectivity index (χ0n) is 41.5. The highest BCUT2D eigenvalue weighted by atomic mass is 32.2. The van der Waals surface area contributed by atoms with Crippen molar-refractivity contribution in [3.63, 3.8) is 0 Å². The maximum absolute atomic E-state index is 14.5. The number of benzene rings is 1. The summed E-state index contributed by atoms with van der Waals surface area (Å²) in [6.45, 7) is 1.22. The Morgan fingerprint density at radius 3 is 2.47 bits per heavy atom. The number of ketones is 2. The van der Waals surface area contributed by atoms with Crippen LogP contribution in [0.25, 0.3) is 17.0 Å². The number of likely N-dealkylation sites (N-methyl/N-ethyl adjacent to an activating group) is 1. The normalized spacial score (nSPS) is 23.1. The summed E-state index contributed by atoms with van der Waals surface area (Å²) in [7, 11) is 8.42. The molecule has 8 N–H and O–H groups in total. The van der Waals surface area contributed by atoms with E-state index < -0.39 is 106 Å². The van der Waals surface area contributed by atoms with E-state index in [1.807, 2.05) is 41.5 Å². The molecule has 1 saturated heterocycles. The van der Waals surface area contributed by atoms with Gasteiger partial charge in [0.05, 0.1) is 23.7 Å². The first-order valence-electron chi connectivity index (χ1n) is 23.4. The predicted molar refractivity (Wildman–Crippen MR) is 277 cm³/mol. The average Bonchev–Trinajstić information content (AvgIpc) is 4.12. The lowest BCUT2D eigenvalue weighted by atomic mass is 9.57. The van der Waals surface area contributed by atoms with Gasteiger partial charge in [0.15, 0.2) is 33.2 Å². The number of aryl methyl sites for hydroxylation is 1. The van der Waals surface area contributed by atoms with Crippen molar-refractivity contribution in [2.24, 2.45) is 29.8 Å². The number of hydrogen-bond acceptors (Lipinski definition) is 24. The molecular weight excluding hydrogens is 1070 g/mol. The first-order chi connectivity index (χ1) is 36.1. The van der Waals surface area contributed by atoms with Gasteiger partial charge >= 0.3 is 11.9 Å². The highest BCUT2D eigenvalue weighted by molar-refractivity contribution is 8.07. The number of pyridine rings is 1. The number of thiazole rings is 1. The lowest BCUT2D eigenvalue weighted by Gasteiger charge is -2.50. The zero-order chi connectivity index (χ0) is 54.7. The van der Waals surface area contributed by atoms with Gasteiger partial charge in [-0.3, -0.25) is 38.6 Å². The maximum atomic E-state index is 14.5. The number of ether oxygens (including phenoxy) is 2. The second kappa shape index (κ2) is 21.1. The number of rotatable bonds is 16. The van der Waals surface area contributed by atoms with Crippen LogP contribution in [0.15, 0.2) is 79.0 Å². The predicted octanol–water partition coefficient (Wildman–Crippen LogP) is 1.39. The van der Waals surface area contributed by atoms with Crippen molar-refractivity contribution < 1.29 is 67.8 Å². The van der Waals surface area contributed by atoms with Crippen LogP contribution in [0.2, 0.25) is 0 Å². The summed E-state index contributed by atoms with van der Waals surface area (Å²) >= 11 is 4.61. The number of β-lactam (4-membered cyclic amide) rings is 1. The number of aromatic nitrogens is 4. The van der Waals surface area contributed by atoms with Crippen molar-refractivity contribution in [1.82, 2.24) is 29.5 Å². The quantitative estimate of drug-likeness (QED) is 0.0176. The molecule has 0 bridgehead atoms. The second-order valence-electron chi connectivity index (χ2n) is 18.5. The number of carbonyl (C=O) groups is 7. The molecule has 5 aliphatic rings. The Hall–Kier alpha value is -7.24. The van der Waals surface area contributed by atoms with Gasteiger partial charge in [0.1, 0.15) is 60.2 Å². The minimum absolute atomic E-state index is 0.0572. The highest BCUT2D eigenvalue weighted by Crippen LogP contribution is 2.54. The Bertz CT molecular complexity index is 3260. The molecule has 6 atom stereocenters. The molecule has 3 aliphatic carbocycles. The fourth-order valence-corrected chi connectivity index (χ4v) is 13.8. The number of aliphatic hydroxyl groups excluding tert-OH is 2. The summed E-state index contributed by atoms with van der Waals surface area (Å²) in [6, 6.07) is 4.49. The third-order valence-corrected chi connectivity index (χ3v) is 17.4. The fourth-order valence-electron chi connectivity index (χ4n) is 9.91. The van der Waals surface area contributed by atoms with Gasteiger partial charge < -0.3 is 51.3 Å². The Morgan fingerprint density at radius 2 is 1.82 bits per heavy atom. The van der Waals surface area contributed by atoms with Gasteiger partial charge in [-0.2, -0.15) is 9.36 Å². The molecule has 0 radical (unpaired) electrons. The number of hydrogen-bond donors (Lipinski definition) is 6. The van der Waals surface area contributed by atoms with Crippen LogP contribution in [-0.4, -0.2) is 157 Å². The van der Waals surface area contributed by atoms with E-state index in [2.05, 4.69) is 19.8 Å². The number of amides is 3. The molecule has 1 aromatic carbocycles. The zero-order valence-corrected chi connectivity index (χ0v) is 44.7. The molecule has 9 rings (SSSR count). The number of primary amides is 1. The molecule has 24 nitrogen and oxygen atoms in total. The van der Waals surface area contributed by atoms with Crippen molar-refractivity contribution in [2.75, 3.05) is 57.8 Å². The van der Waals surface area contributed by atoms with Crippen LogP contribution in [0, 0.1) is 11.8 Å². The largest absolute Gasteiger partial charge is 0.508 e. The first kappa shape index (κ1) is 53.6. The maximum Gasteiger partial charge on any atom is 0.355 e. The van der Waals surface area contributed by atoms with Crippen LogP contribution < -0.4 is 31.0 Å². The molecule has 0 spiro atoms. The number of aliphatic hydroxyl groups is 3. The second-order valence-corrected chi connectivity index (χ2v) is 22.5. The summed E-state index contributed by atoms with van der Waals surface area (Å²) in [5.74, 6) is -10.8. The minimum Gasteiger partial charge on any atom is -0.508 e. The van der Waals surface area contributed by atoms with E-state index in [-0.39, 0.29) is 64.5 Å². The molecular formula is C48H50N11O13S4+. The van der Waals surface area contributed by atoms with Crippen LogP contribution in [-0.2, 0) is 56.6 Å². The molecule has 2 aliphatic heterocycles. The fraction of sp³-hybridized carbons (Fsp3) is 0.375. The number of esters is 2. The molecule has 28 heteroatoms. The Labute approximate surface area is 449 Å². The smallest absolute Gasteiger partial charge is 0.355 e. The summed E-state index contributed by atoms with van der Waals surface area (Å²) in [5.41, 5.74) is 9.28. The van der Waals surface area contributed by atoms with Gasteiger partial charge in [0.25, 0.3) is 17.7 Å². The van der Waals surface area contributed by atoms with Crippen LogP contribution in [0.1, 0.15) is 36.7 Å². The number of carbonyl (C=O) groups excluding carboxylic acids is 7. The van der Waals surface area contributed by atoms with Crippen LogP contribution in [0.4, 0.5) is 10.8 Å². The molecule has 76 heavy (non-hydrogen) atoms. The van der Waals surface area contributed by atoms with Gasteiger partial charge in [0.2, 0.25) is 17.3 Å². The van der Waals surface area contributed by atoms with Crippen molar-refractivity contribution in [2.45, 2.75) is 53.6 Å². The summed E-state index contributed by atoms with van der Waals surface area (Å²) in [5, 5.41) is 43.2. The molecule has 5 heterocycles. The number of nitrogens with zero attached hydrogens (tertiary/aromatic N) is 8. The van der Waals surface area contributed by atoms with Crippen LogP contribution in [0.3, 0.4) is 0 Å². The minimum atomic E-state index is -2.83. The number of nitrogens with one attached hydrogen (secondary N) is 1. The Balaban J connectivity index is 0.959. The van der Waals surface area contributed by atoms with Crippen LogP contribution >= 0.6 is 46.4 Å². The summed E-state index contributed by atoms with van der Waals surface area (Å²) in [4.78, 5) is 115. The third kappa shape index (κ3) is 9.45. The molecule has 398 valence electrons. The number of fused-ring (bicyclic) bond motifs is 4. The van der Waals surface area contributed by atoms with Crippen molar-refractivity contribution in [1.29, 1.82) is 0 Å². The number of Topliss-reactive ketones (excluding diaryl/α,β-unsaturated/α-hetero) is 2. The number of nitrogen functional groups attached to an aromatic ring is 1. The van der Waals surface area contributed by atoms with E-state index in [9.17, 15) is 48.9 Å². The van der Waals surface area contributed by atoms with E-state index in [4.69, 9.17) is 30.8 Å². The average molecular weight is 1120 g/mol. The van der Waals surface area contributed by atoms with Crippen LogP contribution in [0.5, 0.6) is 5.75 Å². The number of oxime groups is 1. The lowest BCUT2D eigenvalue weighted by Crippen LogP contribution is -2.71. The molecule has 1 unspecified atom stereocenters. The Morgan fingerprint density at radius 1 is 1.08 bits per heavy atom. The van der Waals surface area contributed by atoms with Crippen molar-refractivity contribution in [3.05, 3.63) is 86.5 Å². The van der Waals surface area contributed by atoms with Crippen molar-refractivity contribution >= 4 is 110 Å². The van der Waals surface area contributed by atoms with E-state index in [0.717, 1.165) is 28.9 Å². The Kier molecular flexibility index (Phi) is 14.8. The lowest BCUT2D eigenvalue weighted by molar-refractivity contribution is -0.671.